The van der Waals surface area contributed by atoms with E-state index in [0.717, 1.165) is 32.5 Å². The minimum Gasteiger partial charge on any atom is -0.315 e. The van der Waals surface area contributed by atoms with E-state index >= 15 is 0 Å². The van der Waals surface area contributed by atoms with Gasteiger partial charge in [-0.3, -0.25) is 0 Å². The molecule has 2 saturated heterocycles. The lowest BCUT2D eigenvalue weighted by atomic mass is 9.96. The monoisotopic (exact) mass is 246 g/mol. The van der Waals surface area contributed by atoms with Crippen LogP contribution in [0.15, 0.2) is 0 Å². The molecule has 2 aliphatic rings. The predicted molar refractivity (Wildman–Crippen MR) is 64.7 cm³/mol. The molecular formula is C11H22N2O2S. The molecule has 2 fully saturated rings. The molecule has 94 valence electrons. The Morgan fingerprint density at radius 1 is 1.31 bits per heavy atom. The summed E-state index contributed by atoms with van der Waals surface area (Å²) in [7, 11) is -3.03. The highest BCUT2D eigenvalue weighted by Gasteiger charge is 2.38. The molecule has 0 aromatic carbocycles. The van der Waals surface area contributed by atoms with E-state index in [4.69, 9.17) is 0 Å². The van der Waals surface area contributed by atoms with E-state index in [1.807, 2.05) is 0 Å². The number of hydrogen-bond acceptors (Lipinski definition) is 3. The van der Waals surface area contributed by atoms with Crippen LogP contribution >= 0.6 is 0 Å². The largest absolute Gasteiger partial charge is 0.315 e. The van der Waals surface area contributed by atoms with E-state index in [-0.39, 0.29) is 5.25 Å². The zero-order valence-corrected chi connectivity index (χ0v) is 11.0. The van der Waals surface area contributed by atoms with Crippen LogP contribution in [-0.4, -0.2) is 44.2 Å². The van der Waals surface area contributed by atoms with Gasteiger partial charge in [-0.1, -0.05) is 13.8 Å². The van der Waals surface area contributed by atoms with Crippen molar-refractivity contribution in [2.45, 2.75) is 31.9 Å². The highest BCUT2D eigenvalue weighted by Crippen LogP contribution is 2.28. The summed E-state index contributed by atoms with van der Waals surface area (Å²) >= 11 is 0. The number of rotatable bonds is 3. The lowest BCUT2D eigenvalue weighted by Gasteiger charge is -2.21. The van der Waals surface area contributed by atoms with Gasteiger partial charge < -0.3 is 5.32 Å². The van der Waals surface area contributed by atoms with E-state index < -0.39 is 10.0 Å². The van der Waals surface area contributed by atoms with Crippen LogP contribution in [0.5, 0.6) is 0 Å². The van der Waals surface area contributed by atoms with Crippen molar-refractivity contribution in [1.82, 2.24) is 9.62 Å². The molecule has 0 saturated carbocycles. The molecule has 0 aromatic rings. The van der Waals surface area contributed by atoms with E-state index in [0.29, 0.717) is 18.4 Å². The molecule has 2 rings (SSSR count). The third-order valence-electron chi connectivity index (χ3n) is 3.93. The molecule has 0 amide bonds. The summed E-state index contributed by atoms with van der Waals surface area (Å²) < 4.78 is 26.3. The Morgan fingerprint density at radius 3 is 2.56 bits per heavy atom. The van der Waals surface area contributed by atoms with E-state index in [1.54, 1.807) is 4.31 Å². The maximum Gasteiger partial charge on any atom is 0.218 e. The lowest BCUT2D eigenvalue weighted by Crippen LogP contribution is -2.38. The fraction of sp³-hybridized carbons (Fsp3) is 1.00. The zero-order chi connectivity index (χ0) is 11.8. The minimum atomic E-state index is -3.03. The summed E-state index contributed by atoms with van der Waals surface area (Å²) in [4.78, 5) is 0. The third-order valence-corrected chi connectivity index (χ3v) is 6.22. The highest BCUT2D eigenvalue weighted by atomic mass is 32.2. The molecule has 0 radical (unpaired) electrons. The number of nitrogens with zero attached hydrogens (tertiary/aromatic N) is 1. The minimum absolute atomic E-state index is 0.182. The molecule has 16 heavy (non-hydrogen) atoms. The Balaban J connectivity index is 2.02. The van der Waals surface area contributed by atoms with Crippen molar-refractivity contribution in [2.24, 2.45) is 11.8 Å². The van der Waals surface area contributed by atoms with Crippen LogP contribution in [0.1, 0.15) is 26.7 Å². The van der Waals surface area contributed by atoms with Gasteiger partial charge in [-0.15, -0.1) is 0 Å². The third kappa shape index (κ3) is 2.26. The normalized spacial score (nSPS) is 32.7. The first kappa shape index (κ1) is 12.3. The molecule has 2 unspecified atom stereocenters. The van der Waals surface area contributed by atoms with Gasteiger partial charge in [0.2, 0.25) is 10.0 Å². The van der Waals surface area contributed by atoms with Crippen LogP contribution in [0.3, 0.4) is 0 Å². The van der Waals surface area contributed by atoms with Gasteiger partial charge in [-0.25, -0.2) is 12.7 Å². The Kier molecular flexibility index (Phi) is 3.56. The van der Waals surface area contributed by atoms with Gasteiger partial charge in [0.25, 0.3) is 0 Å². The van der Waals surface area contributed by atoms with Crippen LogP contribution in [0.25, 0.3) is 0 Å². The highest BCUT2D eigenvalue weighted by molar-refractivity contribution is 7.89. The van der Waals surface area contributed by atoms with Gasteiger partial charge in [0.05, 0.1) is 5.25 Å². The lowest BCUT2D eigenvalue weighted by molar-refractivity contribution is 0.386. The Hall–Kier alpha value is -0.130. The molecule has 5 heteroatoms. The Labute approximate surface area is 98.4 Å². The molecular weight excluding hydrogens is 224 g/mol. The van der Waals surface area contributed by atoms with E-state index in [9.17, 15) is 8.42 Å². The first-order valence-corrected chi connectivity index (χ1v) is 7.72. The Bertz CT molecular complexity index is 334. The smallest absolute Gasteiger partial charge is 0.218 e. The summed E-state index contributed by atoms with van der Waals surface area (Å²) in [5.74, 6) is 1.13. The second kappa shape index (κ2) is 4.63. The van der Waals surface area contributed by atoms with Crippen LogP contribution in [0.2, 0.25) is 0 Å². The summed E-state index contributed by atoms with van der Waals surface area (Å²) in [5.41, 5.74) is 0. The van der Waals surface area contributed by atoms with Gasteiger partial charge in [0, 0.05) is 19.6 Å². The van der Waals surface area contributed by atoms with Crippen molar-refractivity contribution in [1.29, 1.82) is 0 Å². The standard InChI is InChI=1S/C11H22N2O2S/c1-9(2)10-4-6-13(8-10)16(14,15)11-3-5-12-7-11/h9-12H,3-8H2,1-2H3. The SMILES string of the molecule is CC(C)C1CCN(S(=O)(=O)C2CCNC2)C1. The van der Waals surface area contributed by atoms with Crippen molar-refractivity contribution in [3.8, 4) is 0 Å². The summed E-state index contributed by atoms with van der Waals surface area (Å²) in [6.07, 6.45) is 1.79. The van der Waals surface area contributed by atoms with Gasteiger partial charge in [-0.05, 0) is 31.2 Å². The predicted octanol–water partition coefficient (Wildman–Crippen LogP) is 0.656. The van der Waals surface area contributed by atoms with Crippen molar-refractivity contribution in [3.63, 3.8) is 0 Å². The van der Waals surface area contributed by atoms with Crippen LogP contribution in [0, 0.1) is 11.8 Å². The summed E-state index contributed by atoms with van der Waals surface area (Å²) in [6.45, 7) is 7.28. The average Bonchev–Trinajstić information content (AvgIpc) is 2.90. The second-order valence-electron chi connectivity index (χ2n) is 5.31. The molecule has 2 heterocycles. The average molecular weight is 246 g/mol. The van der Waals surface area contributed by atoms with Crippen molar-refractivity contribution < 1.29 is 8.42 Å². The van der Waals surface area contributed by atoms with Gasteiger partial charge in [-0.2, -0.15) is 0 Å². The first-order valence-electron chi connectivity index (χ1n) is 6.21. The fourth-order valence-electron chi connectivity index (χ4n) is 2.62. The van der Waals surface area contributed by atoms with Crippen LogP contribution in [-0.2, 0) is 10.0 Å². The maximum atomic E-state index is 12.3. The quantitative estimate of drug-likeness (QED) is 0.796. The van der Waals surface area contributed by atoms with Crippen molar-refractivity contribution in [2.75, 3.05) is 26.2 Å². The molecule has 0 spiro atoms. The molecule has 2 atom stereocenters. The zero-order valence-electron chi connectivity index (χ0n) is 10.1. The van der Waals surface area contributed by atoms with Crippen molar-refractivity contribution in [3.05, 3.63) is 0 Å². The van der Waals surface area contributed by atoms with E-state index in [1.165, 1.54) is 0 Å². The van der Waals surface area contributed by atoms with Gasteiger partial charge in [0.1, 0.15) is 0 Å². The molecule has 2 aliphatic heterocycles. The first-order chi connectivity index (χ1) is 7.51. The van der Waals surface area contributed by atoms with Gasteiger partial charge >= 0.3 is 0 Å². The maximum absolute atomic E-state index is 12.3. The summed E-state index contributed by atoms with van der Waals surface area (Å²) in [6, 6.07) is 0. The number of nitrogens with one attached hydrogen (secondary N) is 1. The van der Waals surface area contributed by atoms with Crippen molar-refractivity contribution >= 4 is 10.0 Å². The van der Waals surface area contributed by atoms with Gasteiger partial charge in [0.15, 0.2) is 0 Å². The molecule has 0 bridgehead atoms. The molecule has 1 N–H and O–H groups in total. The van der Waals surface area contributed by atoms with Crippen LogP contribution < -0.4 is 5.32 Å². The molecule has 0 aromatic heterocycles. The fourth-order valence-corrected chi connectivity index (χ4v) is 4.55. The molecule has 0 aliphatic carbocycles. The number of sulfonamides is 1. The molecule has 4 nitrogen and oxygen atoms in total. The second-order valence-corrected chi connectivity index (χ2v) is 7.52. The number of hydrogen-bond donors (Lipinski definition) is 1. The summed E-state index contributed by atoms with van der Waals surface area (Å²) in [5, 5.41) is 2.95. The Morgan fingerprint density at radius 2 is 2.06 bits per heavy atom. The van der Waals surface area contributed by atoms with Crippen LogP contribution in [0.4, 0.5) is 0 Å². The van der Waals surface area contributed by atoms with E-state index in [2.05, 4.69) is 19.2 Å². The topological polar surface area (TPSA) is 49.4 Å².